The van der Waals surface area contributed by atoms with Crippen LogP contribution in [0.15, 0.2) is 0 Å². The third kappa shape index (κ3) is 4.09. The lowest BCUT2D eigenvalue weighted by molar-refractivity contribution is -0.141. The lowest BCUT2D eigenvalue weighted by atomic mass is 9.87. The van der Waals surface area contributed by atoms with Gasteiger partial charge in [0.1, 0.15) is 0 Å². The minimum atomic E-state index is -0.814. The number of amides is 2. The lowest BCUT2D eigenvalue weighted by Gasteiger charge is -2.34. The highest BCUT2D eigenvalue weighted by atomic mass is 16.5. The molecule has 6 nitrogen and oxygen atoms in total. The summed E-state index contributed by atoms with van der Waals surface area (Å²) >= 11 is 0. The van der Waals surface area contributed by atoms with Gasteiger partial charge in [0.25, 0.3) is 0 Å². The van der Waals surface area contributed by atoms with Gasteiger partial charge in [-0.25, -0.2) is 4.79 Å². The van der Waals surface area contributed by atoms with Crippen LogP contribution in [0.2, 0.25) is 0 Å². The van der Waals surface area contributed by atoms with E-state index < -0.39 is 11.9 Å². The van der Waals surface area contributed by atoms with E-state index in [-0.39, 0.29) is 12.1 Å². The number of ether oxygens (including phenoxy) is 1. The van der Waals surface area contributed by atoms with Crippen molar-refractivity contribution >= 4 is 12.0 Å². The molecule has 2 saturated heterocycles. The van der Waals surface area contributed by atoms with E-state index in [9.17, 15) is 9.59 Å². The highest BCUT2D eigenvalue weighted by molar-refractivity contribution is 5.77. The summed E-state index contributed by atoms with van der Waals surface area (Å²) in [5, 5.41) is 11.9. The molecule has 2 N–H and O–H groups in total. The zero-order valence-electron chi connectivity index (χ0n) is 12.9. The van der Waals surface area contributed by atoms with Gasteiger partial charge in [-0.05, 0) is 25.2 Å². The van der Waals surface area contributed by atoms with Gasteiger partial charge < -0.3 is 20.1 Å². The number of carboxylic acid groups (broad SMARTS) is 1. The Morgan fingerprint density at radius 2 is 2.14 bits per heavy atom. The van der Waals surface area contributed by atoms with Gasteiger partial charge in [0.15, 0.2) is 0 Å². The fourth-order valence-corrected chi connectivity index (χ4v) is 3.30. The number of rotatable bonds is 4. The molecule has 0 bridgehead atoms. The van der Waals surface area contributed by atoms with E-state index in [1.54, 1.807) is 4.90 Å². The second-order valence-electron chi connectivity index (χ2n) is 6.44. The van der Waals surface area contributed by atoms with Crippen LogP contribution in [-0.2, 0) is 9.53 Å². The van der Waals surface area contributed by atoms with Crippen LogP contribution in [0.25, 0.3) is 0 Å². The third-order valence-corrected chi connectivity index (χ3v) is 4.49. The van der Waals surface area contributed by atoms with Gasteiger partial charge in [0.05, 0.1) is 12.0 Å². The largest absolute Gasteiger partial charge is 0.481 e. The van der Waals surface area contributed by atoms with Gasteiger partial charge in [-0.1, -0.05) is 13.8 Å². The van der Waals surface area contributed by atoms with Gasteiger partial charge in [-0.3, -0.25) is 4.79 Å². The van der Waals surface area contributed by atoms with Crippen molar-refractivity contribution in [3.63, 3.8) is 0 Å². The van der Waals surface area contributed by atoms with Crippen LogP contribution in [0.3, 0.4) is 0 Å². The predicted octanol–water partition coefficient (Wildman–Crippen LogP) is 1.55. The number of carbonyl (C=O) groups is 2. The molecule has 2 heterocycles. The summed E-state index contributed by atoms with van der Waals surface area (Å²) < 4.78 is 5.82. The molecule has 2 aliphatic rings. The SMILES string of the molecule is CC(C)C1OCCCC1CNC(=O)N1CCC(C(=O)O)C1. The Morgan fingerprint density at radius 3 is 2.76 bits per heavy atom. The molecule has 2 rings (SSSR count). The van der Waals surface area contributed by atoms with E-state index in [2.05, 4.69) is 19.2 Å². The van der Waals surface area contributed by atoms with Crippen molar-refractivity contribution < 1.29 is 19.4 Å². The van der Waals surface area contributed by atoms with Crippen LogP contribution in [-0.4, -0.2) is 54.4 Å². The summed E-state index contributed by atoms with van der Waals surface area (Å²) in [6, 6.07) is -0.146. The first kappa shape index (κ1) is 16.1. The highest BCUT2D eigenvalue weighted by Crippen LogP contribution is 2.26. The van der Waals surface area contributed by atoms with Crippen molar-refractivity contribution in [2.24, 2.45) is 17.8 Å². The minimum Gasteiger partial charge on any atom is -0.481 e. The summed E-state index contributed by atoms with van der Waals surface area (Å²) in [6.07, 6.45) is 2.85. The smallest absolute Gasteiger partial charge is 0.317 e. The van der Waals surface area contributed by atoms with E-state index in [1.807, 2.05) is 0 Å². The maximum atomic E-state index is 12.1. The molecular formula is C15H26N2O4. The Kier molecular flexibility index (Phi) is 5.45. The molecule has 0 spiro atoms. The number of hydrogen-bond acceptors (Lipinski definition) is 3. The van der Waals surface area contributed by atoms with E-state index in [4.69, 9.17) is 9.84 Å². The molecule has 3 atom stereocenters. The standard InChI is InChI=1S/C15H26N2O4/c1-10(2)13-11(4-3-7-21-13)8-16-15(20)17-6-5-12(9-17)14(18)19/h10-13H,3-9H2,1-2H3,(H,16,20)(H,18,19). The van der Waals surface area contributed by atoms with Crippen LogP contribution in [0.4, 0.5) is 4.79 Å². The van der Waals surface area contributed by atoms with Crippen molar-refractivity contribution in [3.8, 4) is 0 Å². The fraction of sp³-hybridized carbons (Fsp3) is 0.867. The van der Waals surface area contributed by atoms with Crippen molar-refractivity contribution in [2.45, 2.75) is 39.2 Å². The quantitative estimate of drug-likeness (QED) is 0.825. The summed E-state index contributed by atoms with van der Waals surface area (Å²) in [5.74, 6) is -0.445. The topological polar surface area (TPSA) is 78.9 Å². The first-order valence-electron chi connectivity index (χ1n) is 7.86. The number of urea groups is 1. The molecule has 0 aromatic carbocycles. The average molecular weight is 298 g/mol. The molecule has 2 aliphatic heterocycles. The maximum absolute atomic E-state index is 12.1. The predicted molar refractivity (Wildman–Crippen MR) is 78.0 cm³/mol. The van der Waals surface area contributed by atoms with E-state index in [1.165, 1.54) is 0 Å². The van der Waals surface area contributed by atoms with Gasteiger partial charge in [-0.2, -0.15) is 0 Å². The van der Waals surface area contributed by atoms with Crippen LogP contribution < -0.4 is 5.32 Å². The monoisotopic (exact) mass is 298 g/mol. The first-order chi connectivity index (χ1) is 9.99. The molecule has 21 heavy (non-hydrogen) atoms. The molecule has 0 radical (unpaired) electrons. The van der Waals surface area contributed by atoms with Crippen molar-refractivity contribution in [1.82, 2.24) is 10.2 Å². The van der Waals surface area contributed by atoms with Crippen molar-refractivity contribution in [2.75, 3.05) is 26.2 Å². The number of nitrogens with one attached hydrogen (secondary N) is 1. The van der Waals surface area contributed by atoms with Crippen LogP contribution >= 0.6 is 0 Å². The molecule has 0 saturated carbocycles. The molecule has 0 aliphatic carbocycles. The number of likely N-dealkylation sites (tertiary alicyclic amines) is 1. The average Bonchev–Trinajstić information content (AvgIpc) is 2.95. The summed E-state index contributed by atoms with van der Waals surface area (Å²) in [6.45, 7) is 6.54. The Morgan fingerprint density at radius 1 is 1.38 bits per heavy atom. The molecule has 6 heteroatoms. The second kappa shape index (κ2) is 7.11. The Hall–Kier alpha value is -1.30. The zero-order valence-corrected chi connectivity index (χ0v) is 12.9. The first-order valence-corrected chi connectivity index (χ1v) is 7.86. The number of carboxylic acids is 1. The fourth-order valence-electron chi connectivity index (χ4n) is 3.30. The van der Waals surface area contributed by atoms with Gasteiger partial charge in [0.2, 0.25) is 0 Å². The number of nitrogens with zero attached hydrogens (tertiary/aromatic N) is 1. The van der Waals surface area contributed by atoms with Crippen LogP contribution in [0, 0.1) is 17.8 Å². The van der Waals surface area contributed by atoms with Crippen molar-refractivity contribution in [1.29, 1.82) is 0 Å². The van der Waals surface area contributed by atoms with Gasteiger partial charge in [0, 0.05) is 32.2 Å². The normalized spacial score (nSPS) is 29.7. The van der Waals surface area contributed by atoms with Crippen molar-refractivity contribution in [3.05, 3.63) is 0 Å². The summed E-state index contributed by atoms with van der Waals surface area (Å²) in [5.41, 5.74) is 0. The second-order valence-corrected chi connectivity index (χ2v) is 6.44. The van der Waals surface area contributed by atoms with Gasteiger partial charge >= 0.3 is 12.0 Å². The summed E-state index contributed by atoms with van der Waals surface area (Å²) in [4.78, 5) is 24.6. The van der Waals surface area contributed by atoms with E-state index in [0.29, 0.717) is 37.9 Å². The lowest BCUT2D eigenvalue weighted by Crippen LogP contribution is -2.45. The van der Waals surface area contributed by atoms with Crippen LogP contribution in [0.5, 0.6) is 0 Å². The number of carbonyl (C=O) groups excluding carboxylic acids is 1. The number of aliphatic carboxylic acids is 1. The molecule has 0 aromatic rings. The van der Waals surface area contributed by atoms with E-state index >= 15 is 0 Å². The summed E-state index contributed by atoms with van der Waals surface area (Å²) in [7, 11) is 0. The Bertz CT molecular complexity index is 386. The third-order valence-electron chi connectivity index (χ3n) is 4.49. The molecule has 120 valence electrons. The Balaban J connectivity index is 1.79. The molecular weight excluding hydrogens is 272 g/mol. The molecule has 2 amide bonds. The van der Waals surface area contributed by atoms with Gasteiger partial charge in [-0.15, -0.1) is 0 Å². The number of hydrogen-bond donors (Lipinski definition) is 2. The van der Waals surface area contributed by atoms with E-state index in [0.717, 1.165) is 19.4 Å². The highest BCUT2D eigenvalue weighted by Gasteiger charge is 2.32. The maximum Gasteiger partial charge on any atom is 0.317 e. The zero-order chi connectivity index (χ0) is 15.4. The molecule has 2 fully saturated rings. The molecule has 0 aromatic heterocycles. The molecule has 3 unspecified atom stereocenters. The van der Waals surface area contributed by atoms with Crippen LogP contribution in [0.1, 0.15) is 33.1 Å². The minimum absolute atomic E-state index is 0.146. The Labute approximate surface area is 125 Å².